The van der Waals surface area contributed by atoms with Crippen LogP contribution in [0, 0.1) is 0 Å². The van der Waals surface area contributed by atoms with Crippen molar-refractivity contribution in [3.8, 4) is 0 Å². The minimum absolute atomic E-state index is 0.137. The van der Waals surface area contributed by atoms with Gasteiger partial charge in [-0.2, -0.15) is 0 Å². The number of carbonyl (C=O) groups excluding carboxylic acids is 1. The number of nitrogens with zero attached hydrogens (tertiary/aromatic N) is 3. The van der Waals surface area contributed by atoms with Crippen LogP contribution in [0.2, 0.25) is 0 Å². The topological polar surface area (TPSA) is 26.8 Å². The van der Waals surface area contributed by atoms with Crippen LogP contribution >= 0.6 is 0 Å². The molecule has 174 valence electrons. The number of Topliss-reactive ketones (excluding diaryl/α,β-unsaturated/α-hetero) is 1. The summed E-state index contributed by atoms with van der Waals surface area (Å²) in [5.74, 6) is 0.137. The lowest BCUT2D eigenvalue weighted by Crippen LogP contribution is -2.37. The van der Waals surface area contributed by atoms with Gasteiger partial charge in [0.1, 0.15) is 0 Å². The van der Waals surface area contributed by atoms with Crippen molar-refractivity contribution < 1.29 is 4.79 Å². The minimum Gasteiger partial charge on any atom is -0.378 e. The van der Waals surface area contributed by atoms with E-state index in [1.807, 2.05) is 46.4 Å². The normalized spacial score (nSPS) is 16.8. The second-order valence-electron chi connectivity index (χ2n) is 9.27. The van der Waals surface area contributed by atoms with E-state index in [9.17, 15) is 4.79 Å². The maximum Gasteiger partial charge on any atom is 0.187 e. The highest BCUT2D eigenvalue weighted by Crippen LogP contribution is 2.25. The Morgan fingerprint density at radius 3 is 1.53 bits per heavy atom. The number of likely N-dealkylation sites (tertiary alicyclic amines) is 1. The number of piperidine rings is 1. The van der Waals surface area contributed by atoms with Gasteiger partial charge < -0.3 is 9.80 Å². The summed E-state index contributed by atoms with van der Waals surface area (Å²) < 4.78 is 0. The number of rotatable bonds is 6. The van der Waals surface area contributed by atoms with E-state index in [0.29, 0.717) is 13.1 Å². The van der Waals surface area contributed by atoms with Gasteiger partial charge in [-0.1, -0.05) is 54.6 Å². The lowest BCUT2D eigenvalue weighted by molar-refractivity contribution is -0.113. The Labute approximate surface area is 203 Å². The molecule has 0 atom stereocenters. The van der Waals surface area contributed by atoms with Gasteiger partial charge in [0.2, 0.25) is 0 Å². The summed E-state index contributed by atoms with van der Waals surface area (Å²) in [5, 5.41) is 0. The monoisotopic (exact) mass is 451 g/mol. The Morgan fingerprint density at radius 2 is 1.12 bits per heavy atom. The van der Waals surface area contributed by atoms with Crippen LogP contribution in [0.3, 0.4) is 0 Å². The largest absolute Gasteiger partial charge is 0.378 e. The number of hydrogen-bond donors (Lipinski definition) is 0. The van der Waals surface area contributed by atoms with Crippen molar-refractivity contribution >= 4 is 29.3 Å². The zero-order valence-corrected chi connectivity index (χ0v) is 20.5. The van der Waals surface area contributed by atoms with Crippen LogP contribution in [0.1, 0.15) is 16.7 Å². The molecule has 0 saturated carbocycles. The van der Waals surface area contributed by atoms with E-state index < -0.39 is 0 Å². The Balaban J connectivity index is 1.65. The van der Waals surface area contributed by atoms with Gasteiger partial charge in [-0.05, 0) is 53.1 Å². The fraction of sp³-hybridized carbons (Fsp3) is 0.233. The fourth-order valence-electron chi connectivity index (χ4n) is 4.20. The molecule has 1 saturated heterocycles. The Morgan fingerprint density at radius 1 is 0.676 bits per heavy atom. The summed E-state index contributed by atoms with van der Waals surface area (Å²) in [5.41, 5.74) is 7.29. The van der Waals surface area contributed by atoms with E-state index in [2.05, 4.69) is 87.5 Å². The summed E-state index contributed by atoms with van der Waals surface area (Å²) >= 11 is 0. The van der Waals surface area contributed by atoms with Crippen molar-refractivity contribution in [2.75, 3.05) is 51.1 Å². The zero-order valence-electron chi connectivity index (χ0n) is 20.5. The summed E-state index contributed by atoms with van der Waals surface area (Å²) in [4.78, 5) is 20.0. The zero-order chi connectivity index (χ0) is 24.1. The van der Waals surface area contributed by atoms with Crippen LogP contribution in [-0.2, 0) is 11.3 Å². The molecule has 4 rings (SSSR count). The van der Waals surface area contributed by atoms with Crippen LogP contribution in [0.4, 0.5) is 11.4 Å². The molecular weight excluding hydrogens is 418 g/mol. The molecule has 1 aliphatic rings. The van der Waals surface area contributed by atoms with Crippen molar-refractivity contribution in [1.82, 2.24) is 4.90 Å². The highest BCUT2D eigenvalue weighted by atomic mass is 16.1. The maximum atomic E-state index is 13.5. The second-order valence-corrected chi connectivity index (χ2v) is 9.27. The standard InChI is InChI=1S/C30H33N3O/c1-31(2)28-14-10-23(11-15-28)18-26-21-33(20-25-8-6-5-7-9-25)22-27(30(26)34)19-24-12-16-29(17-13-24)32(3)4/h5-19H,20-22H2,1-4H3/b26-18+,27-19+. The number of ketones is 1. The van der Waals surface area contributed by atoms with Crippen molar-refractivity contribution in [1.29, 1.82) is 0 Å². The molecule has 1 fully saturated rings. The average Bonchev–Trinajstić information content (AvgIpc) is 2.83. The Bertz CT molecular complexity index is 1100. The first-order valence-corrected chi connectivity index (χ1v) is 11.7. The number of hydrogen-bond acceptors (Lipinski definition) is 4. The molecule has 0 unspecified atom stereocenters. The van der Waals surface area contributed by atoms with E-state index in [0.717, 1.165) is 40.2 Å². The molecule has 0 aliphatic carbocycles. The van der Waals surface area contributed by atoms with E-state index in [1.54, 1.807) is 0 Å². The maximum absolute atomic E-state index is 13.5. The summed E-state index contributed by atoms with van der Waals surface area (Å²) in [6.07, 6.45) is 4.09. The molecule has 0 N–H and O–H groups in total. The smallest absolute Gasteiger partial charge is 0.187 e. The third-order valence-electron chi connectivity index (χ3n) is 6.12. The molecule has 0 spiro atoms. The predicted molar refractivity (Wildman–Crippen MR) is 144 cm³/mol. The first kappa shape index (κ1) is 23.5. The highest BCUT2D eigenvalue weighted by Gasteiger charge is 2.26. The number of anilines is 2. The SMILES string of the molecule is CN(C)c1ccc(/C=C2\CN(Cc3ccccc3)C/C(=C\c3ccc(N(C)C)cc3)C2=O)cc1. The van der Waals surface area contributed by atoms with Gasteiger partial charge in [0, 0.05) is 70.3 Å². The fourth-order valence-corrected chi connectivity index (χ4v) is 4.20. The van der Waals surface area contributed by atoms with Crippen LogP contribution in [0.5, 0.6) is 0 Å². The van der Waals surface area contributed by atoms with Crippen LogP contribution in [-0.4, -0.2) is 52.0 Å². The van der Waals surface area contributed by atoms with Crippen molar-refractivity contribution in [2.24, 2.45) is 0 Å². The van der Waals surface area contributed by atoms with Gasteiger partial charge in [-0.15, -0.1) is 0 Å². The first-order valence-electron chi connectivity index (χ1n) is 11.7. The Hall–Kier alpha value is -3.63. The van der Waals surface area contributed by atoms with E-state index in [1.165, 1.54) is 5.56 Å². The molecule has 4 heteroatoms. The average molecular weight is 452 g/mol. The van der Waals surface area contributed by atoms with Crippen LogP contribution in [0.15, 0.2) is 90.0 Å². The van der Waals surface area contributed by atoms with E-state index in [4.69, 9.17) is 0 Å². The highest BCUT2D eigenvalue weighted by molar-refractivity contribution is 6.14. The minimum atomic E-state index is 0.137. The van der Waals surface area contributed by atoms with Gasteiger partial charge in [0.15, 0.2) is 5.78 Å². The van der Waals surface area contributed by atoms with Gasteiger partial charge in [-0.25, -0.2) is 0 Å². The molecule has 0 aromatic heterocycles. The van der Waals surface area contributed by atoms with Crippen molar-refractivity contribution in [2.45, 2.75) is 6.54 Å². The van der Waals surface area contributed by atoms with Gasteiger partial charge in [0.05, 0.1) is 0 Å². The van der Waals surface area contributed by atoms with Gasteiger partial charge in [-0.3, -0.25) is 9.69 Å². The lowest BCUT2D eigenvalue weighted by atomic mass is 9.93. The lowest BCUT2D eigenvalue weighted by Gasteiger charge is -2.30. The molecule has 3 aromatic carbocycles. The molecule has 34 heavy (non-hydrogen) atoms. The summed E-state index contributed by atoms with van der Waals surface area (Å²) in [6, 6.07) is 27.1. The molecular formula is C30H33N3O. The molecule has 0 radical (unpaired) electrons. The summed E-state index contributed by atoms with van der Waals surface area (Å²) in [6.45, 7) is 2.09. The second kappa shape index (κ2) is 10.5. The first-order chi connectivity index (χ1) is 16.4. The van der Waals surface area contributed by atoms with Crippen LogP contribution < -0.4 is 9.80 Å². The number of benzene rings is 3. The van der Waals surface area contributed by atoms with Crippen molar-refractivity contribution in [3.05, 3.63) is 107 Å². The third kappa shape index (κ3) is 5.83. The summed E-state index contributed by atoms with van der Waals surface area (Å²) in [7, 11) is 8.12. The predicted octanol–water partition coefficient (Wildman–Crippen LogP) is 5.37. The van der Waals surface area contributed by atoms with E-state index in [-0.39, 0.29) is 5.78 Å². The molecule has 0 bridgehead atoms. The van der Waals surface area contributed by atoms with Gasteiger partial charge >= 0.3 is 0 Å². The Kier molecular flexibility index (Phi) is 7.29. The molecule has 1 heterocycles. The van der Waals surface area contributed by atoms with E-state index >= 15 is 0 Å². The third-order valence-corrected chi connectivity index (χ3v) is 6.12. The number of carbonyl (C=O) groups is 1. The quantitative estimate of drug-likeness (QED) is 0.471. The van der Waals surface area contributed by atoms with Crippen molar-refractivity contribution in [3.63, 3.8) is 0 Å². The van der Waals surface area contributed by atoms with Crippen LogP contribution in [0.25, 0.3) is 12.2 Å². The molecule has 4 nitrogen and oxygen atoms in total. The molecule has 3 aromatic rings. The molecule has 1 aliphatic heterocycles. The van der Waals surface area contributed by atoms with Gasteiger partial charge in [0.25, 0.3) is 0 Å². The molecule has 0 amide bonds.